The predicted molar refractivity (Wildman–Crippen MR) is 93.1 cm³/mol. The predicted octanol–water partition coefficient (Wildman–Crippen LogP) is 3.42. The van der Waals surface area contributed by atoms with E-state index in [-0.39, 0.29) is 12.6 Å². The number of anilines is 1. The summed E-state index contributed by atoms with van der Waals surface area (Å²) in [5.41, 5.74) is 3.41. The number of hydrogen-bond acceptors (Lipinski definition) is 4. The highest BCUT2D eigenvalue weighted by Gasteiger charge is 2.06. The van der Waals surface area contributed by atoms with E-state index < -0.39 is 0 Å². The highest BCUT2D eigenvalue weighted by molar-refractivity contribution is 5.47. The Kier molecular flexibility index (Phi) is 6.91. The number of aliphatic hydroxyl groups excluding tert-OH is 1. The summed E-state index contributed by atoms with van der Waals surface area (Å²) in [6, 6.07) is 16.5. The number of benzene rings is 2. The molecule has 2 aromatic carbocycles. The van der Waals surface area contributed by atoms with Gasteiger partial charge in [0.15, 0.2) is 0 Å². The Bertz CT molecular complexity index is 566. The van der Waals surface area contributed by atoms with Gasteiger partial charge in [-0.15, -0.1) is 0 Å². The first-order valence-electron chi connectivity index (χ1n) is 7.91. The van der Waals surface area contributed by atoms with Gasteiger partial charge < -0.3 is 19.9 Å². The van der Waals surface area contributed by atoms with Crippen molar-refractivity contribution in [2.24, 2.45) is 0 Å². The van der Waals surface area contributed by atoms with Crippen LogP contribution in [0, 0.1) is 0 Å². The van der Waals surface area contributed by atoms with E-state index in [1.54, 1.807) is 7.11 Å². The summed E-state index contributed by atoms with van der Waals surface area (Å²) in [6.45, 7) is 3.46. The molecule has 0 aliphatic rings. The fourth-order valence-corrected chi connectivity index (χ4v) is 2.33. The molecule has 0 bridgehead atoms. The second-order valence-electron chi connectivity index (χ2n) is 5.45. The van der Waals surface area contributed by atoms with E-state index in [1.807, 2.05) is 36.4 Å². The van der Waals surface area contributed by atoms with Gasteiger partial charge in [-0.05, 0) is 48.7 Å². The molecule has 0 spiro atoms. The lowest BCUT2D eigenvalue weighted by Crippen LogP contribution is -2.07. The smallest absolute Gasteiger partial charge is 0.119 e. The quantitative estimate of drug-likeness (QED) is 0.696. The van der Waals surface area contributed by atoms with E-state index in [0.717, 1.165) is 17.0 Å². The molecule has 0 saturated heterocycles. The average molecular weight is 315 g/mol. The summed E-state index contributed by atoms with van der Waals surface area (Å²) in [5, 5.41) is 12.4. The second-order valence-corrected chi connectivity index (χ2v) is 5.45. The zero-order chi connectivity index (χ0) is 16.5. The van der Waals surface area contributed by atoms with Crippen molar-refractivity contribution in [2.75, 3.05) is 32.2 Å². The number of hydrogen-bond donors (Lipinski definition) is 2. The summed E-state index contributed by atoms with van der Waals surface area (Å²) in [6.07, 6.45) is 0.695. The molecule has 0 aliphatic carbocycles. The molecule has 0 heterocycles. The van der Waals surface area contributed by atoms with Crippen molar-refractivity contribution in [3.8, 4) is 5.75 Å². The Labute approximate surface area is 138 Å². The van der Waals surface area contributed by atoms with Gasteiger partial charge in [-0.2, -0.15) is 0 Å². The third-order valence-corrected chi connectivity index (χ3v) is 3.67. The number of ether oxygens (including phenoxy) is 2. The lowest BCUT2D eigenvalue weighted by atomic mass is 10.1. The molecule has 0 radical (unpaired) electrons. The van der Waals surface area contributed by atoms with Gasteiger partial charge in [0.25, 0.3) is 0 Å². The normalized spacial score (nSPS) is 12.0. The van der Waals surface area contributed by atoms with Gasteiger partial charge in [0, 0.05) is 25.4 Å². The number of rotatable bonds is 9. The van der Waals surface area contributed by atoms with Crippen molar-refractivity contribution in [3.63, 3.8) is 0 Å². The topological polar surface area (TPSA) is 50.7 Å². The fourth-order valence-electron chi connectivity index (χ4n) is 2.33. The lowest BCUT2D eigenvalue weighted by Gasteiger charge is -2.16. The Hall–Kier alpha value is -2.04. The van der Waals surface area contributed by atoms with E-state index in [1.165, 1.54) is 5.56 Å². The second kappa shape index (κ2) is 9.18. The van der Waals surface area contributed by atoms with Crippen LogP contribution >= 0.6 is 0 Å². The minimum atomic E-state index is 0.183. The highest BCUT2D eigenvalue weighted by atomic mass is 16.5. The molecule has 1 atom stereocenters. The Balaban J connectivity index is 1.90. The first-order valence-corrected chi connectivity index (χ1v) is 7.91. The number of nitrogens with one attached hydrogen (secondary N) is 1. The minimum Gasteiger partial charge on any atom is -0.491 e. The van der Waals surface area contributed by atoms with Crippen LogP contribution in [0.3, 0.4) is 0 Å². The molecule has 23 heavy (non-hydrogen) atoms. The Morgan fingerprint density at radius 3 is 2.30 bits per heavy atom. The van der Waals surface area contributed by atoms with Crippen molar-refractivity contribution >= 4 is 5.69 Å². The fraction of sp³-hybridized carbons (Fsp3) is 0.368. The van der Waals surface area contributed by atoms with Crippen molar-refractivity contribution in [1.29, 1.82) is 0 Å². The molecule has 0 fully saturated rings. The average Bonchev–Trinajstić information content (AvgIpc) is 2.58. The van der Waals surface area contributed by atoms with Crippen LogP contribution in [0.25, 0.3) is 0 Å². The molecule has 4 heteroatoms. The van der Waals surface area contributed by atoms with E-state index in [9.17, 15) is 0 Å². The summed E-state index contributed by atoms with van der Waals surface area (Å²) < 4.78 is 10.5. The monoisotopic (exact) mass is 315 g/mol. The molecule has 2 N–H and O–H groups in total. The highest BCUT2D eigenvalue weighted by Crippen LogP contribution is 2.22. The van der Waals surface area contributed by atoms with Gasteiger partial charge in [-0.1, -0.05) is 24.3 Å². The summed E-state index contributed by atoms with van der Waals surface area (Å²) >= 11 is 0. The maximum atomic E-state index is 8.94. The van der Waals surface area contributed by atoms with Crippen molar-refractivity contribution in [1.82, 2.24) is 0 Å². The molecule has 0 aliphatic heterocycles. The SMILES string of the molecule is COCCOc1ccc(C(C)Nc2ccc(CCO)cc2)cc1. The molecule has 1 unspecified atom stereocenters. The van der Waals surface area contributed by atoms with Gasteiger partial charge in [-0.25, -0.2) is 0 Å². The summed E-state index contributed by atoms with van der Waals surface area (Å²) in [7, 11) is 1.66. The van der Waals surface area contributed by atoms with E-state index in [4.69, 9.17) is 14.6 Å². The van der Waals surface area contributed by atoms with Crippen molar-refractivity contribution in [3.05, 3.63) is 59.7 Å². The molecule has 0 saturated carbocycles. The van der Waals surface area contributed by atoms with Gasteiger partial charge in [-0.3, -0.25) is 0 Å². The van der Waals surface area contributed by atoms with Crippen LogP contribution in [-0.4, -0.2) is 32.0 Å². The largest absolute Gasteiger partial charge is 0.491 e. The Morgan fingerprint density at radius 2 is 1.70 bits per heavy atom. The van der Waals surface area contributed by atoms with Crippen LogP contribution in [0.4, 0.5) is 5.69 Å². The van der Waals surface area contributed by atoms with Crippen LogP contribution in [0.2, 0.25) is 0 Å². The first-order chi connectivity index (χ1) is 11.2. The lowest BCUT2D eigenvalue weighted by molar-refractivity contribution is 0.146. The molecule has 124 valence electrons. The minimum absolute atomic E-state index is 0.183. The molecule has 0 amide bonds. The number of methoxy groups -OCH3 is 1. The Morgan fingerprint density at radius 1 is 1.00 bits per heavy atom. The van der Waals surface area contributed by atoms with Gasteiger partial charge in [0.05, 0.1) is 6.61 Å². The van der Waals surface area contributed by atoms with Crippen LogP contribution in [0.15, 0.2) is 48.5 Å². The standard InChI is InChI=1S/C19H25NO3/c1-15(20-18-7-3-16(4-8-18)11-12-21)17-5-9-19(10-6-17)23-14-13-22-2/h3-10,15,20-21H,11-14H2,1-2H3. The third-order valence-electron chi connectivity index (χ3n) is 3.67. The maximum Gasteiger partial charge on any atom is 0.119 e. The van der Waals surface area contributed by atoms with Gasteiger partial charge in [0.1, 0.15) is 12.4 Å². The maximum absolute atomic E-state index is 8.94. The van der Waals surface area contributed by atoms with Crippen LogP contribution < -0.4 is 10.1 Å². The van der Waals surface area contributed by atoms with Gasteiger partial charge in [0.2, 0.25) is 0 Å². The molecule has 4 nitrogen and oxygen atoms in total. The molecule has 2 aromatic rings. The summed E-state index contributed by atoms with van der Waals surface area (Å²) in [4.78, 5) is 0. The zero-order valence-corrected chi connectivity index (χ0v) is 13.8. The van der Waals surface area contributed by atoms with E-state index in [2.05, 4.69) is 24.4 Å². The molecular formula is C19H25NO3. The third kappa shape index (κ3) is 5.58. The first kappa shape index (κ1) is 17.3. The van der Waals surface area contributed by atoms with Crippen molar-refractivity contribution < 1.29 is 14.6 Å². The zero-order valence-electron chi connectivity index (χ0n) is 13.8. The van der Waals surface area contributed by atoms with Crippen LogP contribution in [0.5, 0.6) is 5.75 Å². The molecule has 2 rings (SSSR count). The number of aliphatic hydroxyl groups is 1. The van der Waals surface area contributed by atoms with Crippen LogP contribution in [-0.2, 0) is 11.2 Å². The molecule has 0 aromatic heterocycles. The van der Waals surface area contributed by atoms with E-state index in [0.29, 0.717) is 19.6 Å². The van der Waals surface area contributed by atoms with Gasteiger partial charge >= 0.3 is 0 Å². The molecular weight excluding hydrogens is 290 g/mol. The van der Waals surface area contributed by atoms with Crippen LogP contribution in [0.1, 0.15) is 24.1 Å². The summed E-state index contributed by atoms with van der Waals surface area (Å²) in [5.74, 6) is 0.853. The van der Waals surface area contributed by atoms with E-state index >= 15 is 0 Å². The van der Waals surface area contributed by atoms with Crippen molar-refractivity contribution in [2.45, 2.75) is 19.4 Å².